The van der Waals surface area contributed by atoms with Crippen LogP contribution in [0.15, 0.2) is 212 Å². The maximum absolute atomic E-state index is 14.0. The first-order chi connectivity index (χ1) is 36.6. The molecule has 12 nitrogen and oxygen atoms in total. The molecule has 0 unspecified atom stereocenters. The minimum Gasteiger partial charge on any atom is -0.467 e. The van der Waals surface area contributed by atoms with Gasteiger partial charge in [-0.05, 0) is 38.9 Å². The molecule has 2 fully saturated rings. The number of ether oxygens (including phenoxy) is 11. The molecule has 2 aliphatic heterocycles. The summed E-state index contributed by atoms with van der Waals surface area (Å²) in [6.07, 6.45) is -9.54. The number of hydrogen-bond donors (Lipinski definition) is 0. The fourth-order valence-electron chi connectivity index (χ4n) is 9.06. The highest BCUT2D eigenvalue weighted by atomic mass is 16.8. The summed E-state index contributed by atoms with van der Waals surface area (Å²) in [5.41, 5.74) is 6.55. The zero-order valence-electron chi connectivity index (χ0n) is 41.5. The van der Waals surface area contributed by atoms with Gasteiger partial charge >= 0.3 is 5.97 Å². The molecule has 7 aromatic rings. The molecule has 9 rings (SSSR count). The van der Waals surface area contributed by atoms with Gasteiger partial charge in [0.25, 0.3) is 0 Å². The summed E-state index contributed by atoms with van der Waals surface area (Å²) in [5, 5.41) is 0. The maximum atomic E-state index is 14.0. The molecule has 2 heterocycles. The highest BCUT2D eigenvalue weighted by molar-refractivity contribution is 5.75. The minimum atomic E-state index is -1.29. The molecule has 7 aromatic carbocycles. The minimum absolute atomic E-state index is 0.133. The zero-order chi connectivity index (χ0) is 50.6. The largest absolute Gasteiger partial charge is 0.467 e. The third-order valence-electron chi connectivity index (χ3n) is 12.9. The Bertz CT molecular complexity index is 2650. The maximum Gasteiger partial charge on any atom is 0.337 e. The average molecular weight is 1000 g/mol. The number of methoxy groups -OCH3 is 1. The van der Waals surface area contributed by atoms with Gasteiger partial charge in [-0.25, -0.2) is 4.79 Å². The van der Waals surface area contributed by atoms with Gasteiger partial charge in [-0.1, -0.05) is 212 Å². The summed E-state index contributed by atoms with van der Waals surface area (Å²) in [5.74, 6) is -0.661. The van der Waals surface area contributed by atoms with Crippen molar-refractivity contribution in [3.05, 3.63) is 251 Å². The van der Waals surface area contributed by atoms with Gasteiger partial charge in [-0.2, -0.15) is 0 Å². The topological polar surface area (TPSA) is 119 Å². The van der Waals surface area contributed by atoms with Crippen LogP contribution in [0.5, 0.6) is 0 Å². The molecule has 0 bridgehead atoms. The fourth-order valence-corrected chi connectivity index (χ4v) is 9.06. The van der Waals surface area contributed by atoms with Gasteiger partial charge in [0, 0.05) is 0 Å². The van der Waals surface area contributed by atoms with Crippen LogP contribution in [0.25, 0.3) is 0 Å². The average Bonchev–Trinajstić information content (AvgIpc) is 3.47. The molecule has 12 heteroatoms. The van der Waals surface area contributed by atoms with Crippen LogP contribution in [-0.2, 0) is 103 Å². The van der Waals surface area contributed by atoms with Crippen LogP contribution >= 0.6 is 0 Å². The Hall–Kier alpha value is -6.39. The Morgan fingerprint density at radius 2 is 0.595 bits per heavy atom. The predicted octanol–water partition coefficient (Wildman–Crippen LogP) is 10.4. The van der Waals surface area contributed by atoms with Crippen molar-refractivity contribution in [3.8, 4) is 0 Å². The number of esters is 1. The SMILES string of the molecule is COC(=O)[C@H]1O[C@H](OC[C@H]2O[C@H](OCc3ccccc3)[C@H](OCc3ccccc3)[C@@H](OCc3ccccc3)[C@@H]2OCc2ccccc2)[C@H](OCc2ccccc2)[C@@H](OCc2ccccc2)[C@@H]1OCc1ccccc1. The monoisotopic (exact) mass is 1000 g/mol. The first-order valence-corrected chi connectivity index (χ1v) is 25.2. The molecule has 0 aliphatic carbocycles. The van der Waals surface area contributed by atoms with E-state index in [0.29, 0.717) is 0 Å². The molecule has 0 saturated carbocycles. The van der Waals surface area contributed by atoms with Crippen LogP contribution in [-0.4, -0.2) is 81.1 Å². The smallest absolute Gasteiger partial charge is 0.337 e. The zero-order valence-corrected chi connectivity index (χ0v) is 41.5. The molecule has 384 valence electrons. The molecule has 0 amide bonds. The summed E-state index contributed by atoms with van der Waals surface area (Å²) >= 11 is 0. The van der Waals surface area contributed by atoms with Crippen LogP contribution < -0.4 is 0 Å². The quantitative estimate of drug-likeness (QED) is 0.0507. The molecule has 0 aromatic heterocycles. The van der Waals surface area contributed by atoms with Crippen molar-refractivity contribution in [1.82, 2.24) is 0 Å². The Balaban J connectivity index is 1.07. The van der Waals surface area contributed by atoms with Crippen molar-refractivity contribution in [3.63, 3.8) is 0 Å². The number of rotatable bonds is 25. The lowest BCUT2D eigenvalue weighted by Crippen LogP contribution is -2.64. The van der Waals surface area contributed by atoms with E-state index in [1.807, 2.05) is 212 Å². The van der Waals surface area contributed by atoms with Gasteiger partial charge in [-0.15, -0.1) is 0 Å². The third-order valence-corrected chi connectivity index (χ3v) is 12.9. The second-order valence-electron chi connectivity index (χ2n) is 18.2. The van der Waals surface area contributed by atoms with Crippen molar-refractivity contribution >= 4 is 5.97 Å². The summed E-state index contributed by atoms with van der Waals surface area (Å²) in [7, 11) is 1.32. The number of benzene rings is 7. The van der Waals surface area contributed by atoms with E-state index in [2.05, 4.69) is 0 Å². The number of hydrogen-bond acceptors (Lipinski definition) is 12. The Kier molecular flexibility index (Phi) is 19.7. The first-order valence-electron chi connectivity index (χ1n) is 25.2. The lowest BCUT2D eigenvalue weighted by molar-refractivity contribution is -0.350. The van der Waals surface area contributed by atoms with Gasteiger partial charge in [0.05, 0.1) is 60.0 Å². The summed E-state index contributed by atoms with van der Waals surface area (Å²) in [4.78, 5) is 14.0. The van der Waals surface area contributed by atoms with Crippen LogP contribution in [0.3, 0.4) is 0 Å². The second kappa shape index (κ2) is 27.8. The first kappa shape index (κ1) is 52.5. The van der Waals surface area contributed by atoms with Crippen LogP contribution in [0.1, 0.15) is 38.9 Å². The molecule has 2 saturated heterocycles. The van der Waals surface area contributed by atoms with E-state index >= 15 is 0 Å². The summed E-state index contributed by atoms with van der Waals surface area (Å²) in [6.45, 7) is 1.30. The molecular formula is C62H64O12. The lowest BCUT2D eigenvalue weighted by atomic mass is 9.96. The molecule has 10 atom stereocenters. The normalized spacial score (nSPS) is 23.7. The van der Waals surface area contributed by atoms with Gasteiger partial charge in [0.2, 0.25) is 0 Å². The van der Waals surface area contributed by atoms with Gasteiger partial charge in [0.15, 0.2) is 18.7 Å². The van der Waals surface area contributed by atoms with Crippen molar-refractivity contribution in [2.75, 3.05) is 13.7 Å². The van der Waals surface area contributed by atoms with Crippen LogP contribution in [0, 0.1) is 0 Å². The molecule has 0 radical (unpaired) electrons. The lowest BCUT2D eigenvalue weighted by Gasteiger charge is -2.47. The standard InChI is InChI=1S/C62H64O12/c1-64-60(63)57-55(67-39-47-27-13-4-14-28-47)56(68-40-48-29-15-5-16-30-48)59(70-42-50-33-19-7-20-34-50)62(74-57)72-44-52-53(65-37-45-23-9-2-10-24-45)54(66-38-46-25-11-3-12-26-46)58(69-41-49-31-17-6-18-32-49)61(73-52)71-43-51-35-21-8-22-36-51/h2-36,52-59,61-62H,37-44H2,1H3/t52-,53-,54+,55+,56+,57+,58-,59-,61+,62+/m1/s1. The second-order valence-corrected chi connectivity index (χ2v) is 18.2. The van der Waals surface area contributed by atoms with Gasteiger partial charge in [-0.3, -0.25) is 0 Å². The van der Waals surface area contributed by atoms with Crippen molar-refractivity contribution in [2.24, 2.45) is 0 Å². The summed E-state index contributed by atoms with van der Waals surface area (Å²) in [6, 6.07) is 69.1. The van der Waals surface area contributed by atoms with Gasteiger partial charge in [0.1, 0.15) is 42.7 Å². The van der Waals surface area contributed by atoms with Crippen molar-refractivity contribution in [1.29, 1.82) is 0 Å². The highest BCUT2D eigenvalue weighted by Gasteiger charge is 2.54. The van der Waals surface area contributed by atoms with Crippen LogP contribution in [0.4, 0.5) is 0 Å². The third kappa shape index (κ3) is 14.9. The van der Waals surface area contributed by atoms with E-state index < -0.39 is 67.4 Å². The Morgan fingerprint density at radius 1 is 0.324 bits per heavy atom. The molecule has 0 spiro atoms. The van der Waals surface area contributed by atoms with Crippen LogP contribution in [0.2, 0.25) is 0 Å². The van der Waals surface area contributed by atoms with Gasteiger partial charge < -0.3 is 52.1 Å². The fraction of sp³-hybridized carbons (Fsp3) is 0.306. The number of carbonyl (C=O) groups is 1. The van der Waals surface area contributed by atoms with E-state index in [4.69, 9.17) is 52.1 Å². The predicted molar refractivity (Wildman–Crippen MR) is 277 cm³/mol. The van der Waals surface area contributed by atoms with E-state index in [1.165, 1.54) is 7.11 Å². The van der Waals surface area contributed by atoms with Crippen molar-refractivity contribution in [2.45, 2.75) is 108 Å². The Labute approximate surface area is 433 Å². The summed E-state index contributed by atoms with van der Waals surface area (Å²) < 4.78 is 74.1. The molecule has 0 N–H and O–H groups in total. The molecule has 74 heavy (non-hydrogen) atoms. The van der Waals surface area contributed by atoms with E-state index in [1.54, 1.807) is 0 Å². The number of carbonyl (C=O) groups excluding carboxylic acids is 1. The molecule has 2 aliphatic rings. The van der Waals surface area contributed by atoms with E-state index in [-0.39, 0.29) is 52.9 Å². The van der Waals surface area contributed by atoms with E-state index in [0.717, 1.165) is 38.9 Å². The Morgan fingerprint density at radius 3 is 0.932 bits per heavy atom. The highest BCUT2D eigenvalue weighted by Crippen LogP contribution is 2.35. The molecular weight excluding hydrogens is 937 g/mol. The van der Waals surface area contributed by atoms with E-state index in [9.17, 15) is 4.79 Å². The van der Waals surface area contributed by atoms with Crippen molar-refractivity contribution < 1.29 is 56.9 Å².